The third kappa shape index (κ3) is 1.30. The third-order valence-electron chi connectivity index (χ3n) is 1.61. The first kappa shape index (κ1) is 9.76. The van der Waals surface area contributed by atoms with E-state index in [0.717, 1.165) is 0 Å². The average molecular weight is 296 g/mol. The molecule has 1 atom stereocenters. The van der Waals surface area contributed by atoms with Gasteiger partial charge in [-0.05, 0) is 15.9 Å². The molecule has 4 nitrogen and oxygen atoms in total. The molecule has 0 saturated carbocycles. The molecule has 1 aliphatic carbocycles. The van der Waals surface area contributed by atoms with Gasteiger partial charge in [0.05, 0.1) is 21.9 Å². The largest absolute Gasteiger partial charge is 0.399 e. The molecule has 0 fully saturated rings. The summed E-state index contributed by atoms with van der Waals surface area (Å²) < 4.78 is 1.03. The molecule has 0 aromatic heterocycles. The molecule has 0 aromatic rings. The molecule has 0 aromatic carbocycles. The Hall–Kier alpha value is -0.330. The predicted octanol–water partition coefficient (Wildman–Crippen LogP) is 0.477. The minimum Gasteiger partial charge on any atom is -0.399 e. The van der Waals surface area contributed by atoms with Gasteiger partial charge in [-0.25, -0.2) is 0 Å². The summed E-state index contributed by atoms with van der Waals surface area (Å²) in [6, 6.07) is -0.450. The number of hydrogen-bond donors (Lipinski definition) is 4. The van der Waals surface area contributed by atoms with E-state index in [1.165, 1.54) is 0 Å². The first-order valence-electron chi connectivity index (χ1n) is 3.12. The van der Waals surface area contributed by atoms with Crippen LogP contribution in [0, 0.1) is 5.41 Å². The number of hydrogen-bond acceptors (Lipinski definition) is 4. The van der Waals surface area contributed by atoms with Gasteiger partial charge in [0.25, 0.3) is 0 Å². The van der Waals surface area contributed by atoms with Crippen LogP contribution in [-0.4, -0.2) is 11.8 Å². The molecule has 1 rings (SSSR count). The number of rotatable bonds is 0. The molecule has 6 heteroatoms. The van der Waals surface area contributed by atoms with Crippen molar-refractivity contribution in [2.75, 3.05) is 0 Å². The molecular formula is C6H8Br2N4. The lowest BCUT2D eigenvalue weighted by Crippen LogP contribution is -2.36. The molecule has 0 bridgehead atoms. The fraction of sp³-hybridized carbons (Fsp3) is 0.167. The second-order valence-electron chi connectivity index (χ2n) is 2.38. The predicted molar refractivity (Wildman–Crippen MR) is 56.0 cm³/mol. The van der Waals surface area contributed by atoms with Gasteiger partial charge in [0.15, 0.2) is 0 Å². The fourth-order valence-corrected chi connectivity index (χ4v) is 1.73. The molecule has 7 N–H and O–H groups in total. The number of nitrogens with two attached hydrogens (primary N) is 3. The van der Waals surface area contributed by atoms with E-state index < -0.39 is 6.04 Å². The number of nitrogens with one attached hydrogen (secondary N) is 1. The van der Waals surface area contributed by atoms with Crippen molar-refractivity contribution in [2.24, 2.45) is 17.2 Å². The molecule has 0 amide bonds. The molecule has 0 spiro atoms. The molecule has 0 saturated heterocycles. The Balaban J connectivity index is 3.22. The van der Waals surface area contributed by atoms with Crippen LogP contribution >= 0.6 is 31.9 Å². The Morgan fingerprint density at radius 1 is 1.25 bits per heavy atom. The van der Waals surface area contributed by atoms with Crippen LogP contribution in [0.3, 0.4) is 0 Å². The van der Waals surface area contributed by atoms with Crippen molar-refractivity contribution in [3.63, 3.8) is 0 Å². The zero-order chi connectivity index (χ0) is 9.46. The lowest BCUT2D eigenvalue weighted by Gasteiger charge is -2.21. The third-order valence-corrected chi connectivity index (χ3v) is 3.38. The van der Waals surface area contributed by atoms with Crippen LogP contribution < -0.4 is 17.2 Å². The monoisotopic (exact) mass is 294 g/mol. The molecule has 1 aliphatic rings. The Bertz CT molecular complexity index is 277. The van der Waals surface area contributed by atoms with Crippen molar-refractivity contribution >= 4 is 37.6 Å². The van der Waals surface area contributed by atoms with Gasteiger partial charge in [0.1, 0.15) is 0 Å². The minimum absolute atomic E-state index is 0.168. The summed E-state index contributed by atoms with van der Waals surface area (Å²) in [7, 11) is 0. The standard InChI is InChI=1S/C6H8Br2N4/c7-1-3(9)5(11)2(8)6(12)4(1)10/h3,12H,9-11H2. The first-order valence-corrected chi connectivity index (χ1v) is 4.70. The van der Waals surface area contributed by atoms with Crippen LogP contribution in [0.25, 0.3) is 0 Å². The minimum atomic E-state index is -0.450. The van der Waals surface area contributed by atoms with E-state index in [4.69, 9.17) is 22.6 Å². The average Bonchev–Trinajstić information content (AvgIpc) is 2.08. The van der Waals surface area contributed by atoms with E-state index >= 15 is 0 Å². The highest BCUT2D eigenvalue weighted by Gasteiger charge is 2.25. The van der Waals surface area contributed by atoms with Crippen LogP contribution in [0.2, 0.25) is 0 Å². The maximum Gasteiger partial charge on any atom is 0.0938 e. The summed E-state index contributed by atoms with van der Waals surface area (Å²) in [5.74, 6) is 0. The molecular weight excluding hydrogens is 288 g/mol. The van der Waals surface area contributed by atoms with E-state index in [0.29, 0.717) is 20.4 Å². The number of allylic oxidation sites excluding steroid dienone is 1. The second-order valence-corrected chi connectivity index (χ2v) is 4.03. The van der Waals surface area contributed by atoms with Crippen LogP contribution in [0.1, 0.15) is 0 Å². The van der Waals surface area contributed by atoms with Gasteiger partial charge in [-0.1, -0.05) is 15.9 Å². The topological polar surface area (TPSA) is 102 Å². The smallest absolute Gasteiger partial charge is 0.0938 e. The Morgan fingerprint density at radius 2 is 1.75 bits per heavy atom. The molecule has 0 radical (unpaired) electrons. The number of halogens is 2. The van der Waals surface area contributed by atoms with Crippen molar-refractivity contribution < 1.29 is 0 Å². The summed E-state index contributed by atoms with van der Waals surface area (Å²) in [4.78, 5) is 0. The molecule has 12 heavy (non-hydrogen) atoms. The van der Waals surface area contributed by atoms with Gasteiger partial charge in [-0.15, -0.1) is 0 Å². The van der Waals surface area contributed by atoms with E-state index in [1.807, 2.05) is 0 Å². The van der Waals surface area contributed by atoms with E-state index in [2.05, 4.69) is 31.9 Å². The maximum atomic E-state index is 7.50. The lowest BCUT2D eigenvalue weighted by atomic mass is 10.0. The van der Waals surface area contributed by atoms with Gasteiger partial charge in [-0.2, -0.15) is 0 Å². The summed E-state index contributed by atoms with van der Waals surface area (Å²) >= 11 is 6.32. The van der Waals surface area contributed by atoms with Crippen molar-refractivity contribution in [1.82, 2.24) is 0 Å². The van der Waals surface area contributed by atoms with Crippen molar-refractivity contribution in [3.05, 3.63) is 20.4 Å². The van der Waals surface area contributed by atoms with Crippen molar-refractivity contribution in [2.45, 2.75) is 6.04 Å². The van der Waals surface area contributed by atoms with E-state index in [-0.39, 0.29) is 5.71 Å². The van der Waals surface area contributed by atoms with E-state index in [1.54, 1.807) is 0 Å². The molecule has 0 heterocycles. The lowest BCUT2D eigenvalue weighted by molar-refractivity contribution is 0.903. The quantitative estimate of drug-likeness (QED) is 0.523. The normalized spacial score (nSPS) is 25.2. The van der Waals surface area contributed by atoms with Gasteiger partial charge >= 0.3 is 0 Å². The Kier molecular flexibility index (Phi) is 2.60. The Labute approximate surface area is 86.6 Å². The highest BCUT2D eigenvalue weighted by molar-refractivity contribution is 9.12. The van der Waals surface area contributed by atoms with Gasteiger partial charge in [0, 0.05) is 10.2 Å². The van der Waals surface area contributed by atoms with Crippen LogP contribution in [0.15, 0.2) is 20.4 Å². The highest BCUT2D eigenvalue weighted by atomic mass is 79.9. The highest BCUT2D eigenvalue weighted by Crippen LogP contribution is 2.28. The van der Waals surface area contributed by atoms with Crippen LogP contribution in [-0.2, 0) is 0 Å². The van der Waals surface area contributed by atoms with Gasteiger partial charge in [0.2, 0.25) is 0 Å². The van der Waals surface area contributed by atoms with Gasteiger partial charge < -0.3 is 17.2 Å². The summed E-state index contributed by atoms with van der Waals surface area (Å²) in [6.45, 7) is 0. The fourth-order valence-electron chi connectivity index (χ4n) is 0.823. The second kappa shape index (κ2) is 3.20. The van der Waals surface area contributed by atoms with Crippen molar-refractivity contribution in [3.8, 4) is 0 Å². The molecule has 66 valence electrons. The SMILES string of the molecule is N=C1C(N)=C(Br)C(N)C(N)=C1Br. The van der Waals surface area contributed by atoms with Crippen LogP contribution in [0.4, 0.5) is 0 Å². The Morgan fingerprint density at radius 3 is 2.25 bits per heavy atom. The zero-order valence-corrected chi connectivity index (χ0v) is 9.24. The van der Waals surface area contributed by atoms with Crippen molar-refractivity contribution in [1.29, 1.82) is 5.41 Å². The van der Waals surface area contributed by atoms with Crippen LogP contribution in [0.5, 0.6) is 0 Å². The van der Waals surface area contributed by atoms with E-state index in [9.17, 15) is 0 Å². The van der Waals surface area contributed by atoms with Gasteiger partial charge in [-0.3, -0.25) is 5.41 Å². The maximum absolute atomic E-state index is 7.50. The summed E-state index contributed by atoms with van der Waals surface area (Å²) in [5.41, 5.74) is 17.8. The molecule has 1 unspecified atom stereocenters. The summed E-state index contributed by atoms with van der Waals surface area (Å²) in [6.07, 6.45) is 0. The first-order chi connectivity index (χ1) is 5.46. The zero-order valence-electron chi connectivity index (χ0n) is 6.07. The molecule has 0 aliphatic heterocycles. The summed E-state index contributed by atoms with van der Waals surface area (Å²) in [5, 5.41) is 7.50.